The number of benzene rings is 1. The van der Waals surface area contributed by atoms with E-state index in [1.54, 1.807) is 6.92 Å². The largest absolute Gasteiger partial charge is 0.569 e. The summed E-state index contributed by atoms with van der Waals surface area (Å²) < 4.78 is 4.92. The summed E-state index contributed by atoms with van der Waals surface area (Å²) in [5.41, 5.74) is -1.70. The monoisotopic (exact) mass is 428 g/mol. The maximum absolute atomic E-state index is 12.2. The van der Waals surface area contributed by atoms with Gasteiger partial charge in [-0.15, -0.1) is 5.01 Å². The van der Waals surface area contributed by atoms with Crippen molar-refractivity contribution in [2.45, 2.75) is 20.0 Å². The summed E-state index contributed by atoms with van der Waals surface area (Å²) >= 11 is 0. The highest BCUT2D eigenvalue weighted by Gasteiger charge is 2.27. The minimum absolute atomic E-state index is 0.0818. The molecule has 1 heterocycles. The molecule has 0 atom stereocenters. The molecule has 1 aromatic rings. The molecule has 0 spiro atoms. The van der Waals surface area contributed by atoms with Gasteiger partial charge in [0.2, 0.25) is 11.0 Å². The molecule has 0 radical (unpaired) electrons. The summed E-state index contributed by atoms with van der Waals surface area (Å²) in [6.07, 6.45) is -0.0533. The van der Waals surface area contributed by atoms with E-state index < -0.39 is 39.7 Å². The average Bonchev–Trinajstić information content (AvgIpc) is 2.97. The normalized spacial score (nSPS) is 14.8. The van der Waals surface area contributed by atoms with Crippen molar-refractivity contribution in [3.05, 3.63) is 43.1 Å². The quantitative estimate of drug-likeness (QED) is 0.287. The van der Waals surface area contributed by atoms with E-state index in [-0.39, 0.29) is 36.8 Å². The maximum atomic E-state index is 12.2. The van der Waals surface area contributed by atoms with Gasteiger partial charge in [-0.1, -0.05) is 0 Å². The molecule has 1 aliphatic rings. The molecule has 0 saturated carbocycles. The lowest BCUT2D eigenvalue weighted by Crippen LogP contribution is -2.37. The molecule has 2 rings (SSSR count). The fourth-order valence-electron chi connectivity index (χ4n) is 2.71. The maximum Gasteiger partial charge on any atom is 0.409 e. The summed E-state index contributed by atoms with van der Waals surface area (Å²) in [4.78, 5) is 38.5. The van der Waals surface area contributed by atoms with Gasteiger partial charge in [-0.3, -0.25) is 25.1 Å². The first-order valence-electron chi connectivity index (χ1n) is 8.86. The molecular weight excluding hydrogens is 408 g/mol. The van der Waals surface area contributed by atoms with Crippen LogP contribution in [0.3, 0.4) is 0 Å². The number of aliphatic hydroxyl groups excluding tert-OH is 1. The van der Waals surface area contributed by atoms with Crippen molar-refractivity contribution in [1.29, 1.82) is 0 Å². The highest BCUT2D eigenvalue weighted by atomic mass is 16.7. The van der Waals surface area contributed by atoms with Crippen LogP contribution in [0.15, 0.2) is 17.4 Å². The molecule has 1 saturated heterocycles. The van der Waals surface area contributed by atoms with E-state index in [2.05, 4.69) is 5.28 Å². The molecule has 0 aromatic heterocycles. The van der Waals surface area contributed by atoms with E-state index in [1.807, 2.05) is 0 Å². The lowest BCUT2D eigenvalue weighted by molar-refractivity contribution is -0.706. The number of rotatable bonds is 7. The van der Waals surface area contributed by atoms with Crippen LogP contribution in [0.5, 0.6) is 5.75 Å². The Kier molecular flexibility index (Phi) is 7.62. The number of nitrogens with zero attached hydrogens (tertiary/aromatic N) is 6. The van der Waals surface area contributed by atoms with E-state index in [0.717, 1.165) is 6.07 Å². The van der Waals surface area contributed by atoms with Crippen LogP contribution in [0.25, 0.3) is 0 Å². The molecule has 164 valence electrons. The van der Waals surface area contributed by atoms with Crippen molar-refractivity contribution < 1.29 is 34.3 Å². The van der Waals surface area contributed by atoms with Crippen molar-refractivity contribution in [2.75, 3.05) is 32.8 Å². The van der Waals surface area contributed by atoms with Crippen LogP contribution in [0, 0.1) is 25.4 Å². The van der Waals surface area contributed by atoms with Gasteiger partial charge in [-0.05, 0) is 13.3 Å². The standard InChI is InChI=1S/C15H20N6O9/c1-2-29-15(23)17-4-3-5-18(7-6-17)21(28)16-30-14-8-11(10-22)12(19(24)25)9-13(14)20(26)27/h8-9,22H,2-7,10H2,1H3/b21-16-. The van der Waals surface area contributed by atoms with Gasteiger partial charge < -0.3 is 20.0 Å². The molecule has 1 amide bonds. The Bertz CT molecular complexity index is 846. The van der Waals surface area contributed by atoms with E-state index >= 15 is 0 Å². The van der Waals surface area contributed by atoms with Gasteiger partial charge in [0.25, 0.3) is 5.69 Å². The van der Waals surface area contributed by atoms with Gasteiger partial charge in [0.15, 0.2) is 0 Å². The summed E-state index contributed by atoms with van der Waals surface area (Å²) in [7, 11) is 0. The number of hydrogen-bond acceptors (Lipinski definition) is 10. The van der Waals surface area contributed by atoms with Crippen LogP contribution in [0.1, 0.15) is 18.9 Å². The molecule has 1 aliphatic heterocycles. The van der Waals surface area contributed by atoms with Crippen LogP contribution < -0.4 is 4.84 Å². The van der Waals surface area contributed by atoms with E-state index in [0.29, 0.717) is 19.0 Å². The van der Waals surface area contributed by atoms with Crippen LogP contribution in [0.4, 0.5) is 16.2 Å². The van der Waals surface area contributed by atoms with Crippen LogP contribution in [-0.2, 0) is 11.3 Å². The SMILES string of the molecule is CCOC(=O)N1CCCN(/[N+]([O-])=N/Oc2cc(CO)c([N+](=O)[O-])cc2[N+](=O)[O-])CC1. The Balaban J connectivity index is 2.17. The van der Waals surface area contributed by atoms with E-state index in [4.69, 9.17) is 9.57 Å². The van der Waals surface area contributed by atoms with Crippen molar-refractivity contribution in [3.8, 4) is 5.75 Å². The minimum atomic E-state index is -0.933. The summed E-state index contributed by atoms with van der Waals surface area (Å²) in [6.45, 7) is 2.03. The second-order valence-corrected chi connectivity index (χ2v) is 6.04. The predicted octanol–water partition coefficient (Wildman–Crippen LogP) is 1.33. The molecule has 15 heteroatoms. The van der Waals surface area contributed by atoms with Crippen LogP contribution in [0.2, 0.25) is 0 Å². The first-order valence-corrected chi connectivity index (χ1v) is 8.86. The highest BCUT2D eigenvalue weighted by Crippen LogP contribution is 2.34. The third kappa shape index (κ3) is 5.40. The number of carbonyl (C=O) groups excluding carboxylic acids is 1. The number of carbonyl (C=O) groups is 1. The number of hydrazine groups is 1. The number of nitro groups is 2. The zero-order valence-electron chi connectivity index (χ0n) is 16.0. The zero-order valence-corrected chi connectivity index (χ0v) is 16.0. The van der Waals surface area contributed by atoms with Crippen LogP contribution >= 0.6 is 0 Å². The smallest absolute Gasteiger partial charge is 0.409 e. The second-order valence-electron chi connectivity index (χ2n) is 6.04. The lowest BCUT2D eigenvalue weighted by atomic mass is 10.1. The molecule has 1 fully saturated rings. The average molecular weight is 428 g/mol. The Morgan fingerprint density at radius 2 is 1.83 bits per heavy atom. The van der Waals surface area contributed by atoms with Gasteiger partial charge in [0.05, 0.1) is 52.7 Å². The second kappa shape index (κ2) is 10.1. The first-order chi connectivity index (χ1) is 14.3. The summed E-state index contributed by atoms with van der Waals surface area (Å²) in [6, 6.07) is 1.49. The van der Waals surface area contributed by atoms with E-state index in [9.17, 15) is 35.3 Å². The van der Waals surface area contributed by atoms with Gasteiger partial charge >= 0.3 is 11.8 Å². The number of hydrogen-bond donors (Lipinski definition) is 1. The molecule has 0 aliphatic carbocycles. The summed E-state index contributed by atoms with van der Waals surface area (Å²) in [5, 5.41) is 48.1. The van der Waals surface area contributed by atoms with Gasteiger partial charge in [-0.2, -0.15) is 0 Å². The fraction of sp³-hybridized carbons (Fsp3) is 0.533. The van der Waals surface area contributed by atoms with Crippen molar-refractivity contribution >= 4 is 17.5 Å². The molecule has 1 aromatic carbocycles. The Labute approximate surface area is 169 Å². The highest BCUT2D eigenvalue weighted by molar-refractivity contribution is 5.67. The zero-order chi connectivity index (χ0) is 22.3. The molecule has 30 heavy (non-hydrogen) atoms. The van der Waals surface area contributed by atoms with Gasteiger partial charge in [-0.25, -0.2) is 4.79 Å². The Morgan fingerprint density at radius 1 is 1.13 bits per heavy atom. The number of ether oxygens (including phenoxy) is 1. The van der Waals surface area contributed by atoms with Gasteiger partial charge in [0.1, 0.15) is 0 Å². The minimum Gasteiger partial charge on any atom is -0.569 e. The van der Waals surface area contributed by atoms with Crippen LogP contribution in [-0.4, -0.2) is 68.7 Å². The first kappa shape index (κ1) is 22.5. The Hall–Kier alpha value is -3.75. The third-order valence-electron chi connectivity index (χ3n) is 4.17. The third-order valence-corrected chi connectivity index (χ3v) is 4.17. The molecule has 1 N–H and O–H groups in total. The molecule has 0 unspecified atom stereocenters. The number of aliphatic hydroxyl groups is 1. The van der Waals surface area contributed by atoms with Crippen molar-refractivity contribution in [1.82, 2.24) is 9.91 Å². The molecular formula is C15H20N6O9. The lowest BCUT2D eigenvalue weighted by Gasteiger charge is -2.19. The predicted molar refractivity (Wildman–Crippen MR) is 97.1 cm³/mol. The molecule has 15 nitrogen and oxygen atoms in total. The van der Waals surface area contributed by atoms with Crippen molar-refractivity contribution in [3.63, 3.8) is 0 Å². The number of amides is 1. The van der Waals surface area contributed by atoms with Crippen molar-refractivity contribution in [2.24, 2.45) is 5.28 Å². The van der Waals surface area contributed by atoms with Gasteiger partial charge in [0, 0.05) is 19.2 Å². The van der Waals surface area contributed by atoms with E-state index in [1.165, 1.54) is 9.91 Å². The summed E-state index contributed by atoms with van der Waals surface area (Å²) in [5.74, 6) is -0.543. The fourth-order valence-corrected chi connectivity index (χ4v) is 2.71. The number of nitro benzene ring substituents is 2. The molecule has 0 bridgehead atoms. The topological polar surface area (TPSA) is 187 Å². The Morgan fingerprint density at radius 3 is 2.43 bits per heavy atom.